The number of benzene rings is 2. The fourth-order valence-electron chi connectivity index (χ4n) is 5.65. The number of nitrogens with zero attached hydrogens (tertiary/aromatic N) is 5. The molecule has 196 valence electrons. The number of allylic oxidation sites excluding steroid dienone is 1. The standard InChI is InChI=1S/C34H29N5O/c1-6-24-27(32-36-15-17-39(32)30-8-7-13-35-31(24)30)18-21(2)40-23-10-11-25-26-19-22(34(3,4)5)9-12-29(26)38-16-14-37-33(38)28(25)20-23/h6-20H,2H2,1,3-5H3/b24-6+,27-18+. The van der Waals surface area contributed by atoms with Crippen LogP contribution in [0.5, 0.6) is 5.75 Å². The monoisotopic (exact) mass is 523 g/mol. The molecule has 0 aliphatic carbocycles. The van der Waals surface area contributed by atoms with Gasteiger partial charge in [0.25, 0.3) is 0 Å². The second-order valence-corrected chi connectivity index (χ2v) is 11.1. The Balaban J connectivity index is 1.37. The predicted molar refractivity (Wildman–Crippen MR) is 163 cm³/mol. The maximum atomic E-state index is 6.32. The Labute approximate surface area is 231 Å². The molecular formula is C34H29N5O. The molecule has 2 aromatic carbocycles. The summed E-state index contributed by atoms with van der Waals surface area (Å²) < 4.78 is 10.5. The van der Waals surface area contributed by atoms with E-state index in [1.807, 2.05) is 49.9 Å². The molecule has 0 N–H and O–H groups in total. The summed E-state index contributed by atoms with van der Waals surface area (Å²) in [4.78, 5) is 14.0. The summed E-state index contributed by atoms with van der Waals surface area (Å²) >= 11 is 0. The Bertz CT molecular complexity index is 2260. The average Bonchev–Trinajstić information content (AvgIpc) is 3.63. The lowest BCUT2D eigenvalue weighted by Gasteiger charge is -2.20. The van der Waals surface area contributed by atoms with Crippen molar-refractivity contribution in [3.8, 4) is 5.75 Å². The second-order valence-electron chi connectivity index (χ2n) is 11.1. The number of rotatable bonds is 3. The molecule has 0 unspecified atom stereocenters. The molecule has 0 bridgehead atoms. The zero-order valence-corrected chi connectivity index (χ0v) is 23.0. The van der Waals surface area contributed by atoms with Crippen molar-refractivity contribution >= 4 is 56.2 Å². The molecule has 40 heavy (non-hydrogen) atoms. The molecule has 0 aliphatic heterocycles. The summed E-state index contributed by atoms with van der Waals surface area (Å²) in [6.07, 6.45) is 13.4. The average molecular weight is 524 g/mol. The summed E-state index contributed by atoms with van der Waals surface area (Å²) in [5, 5.41) is 5.28. The van der Waals surface area contributed by atoms with Gasteiger partial charge in [-0.1, -0.05) is 39.5 Å². The van der Waals surface area contributed by atoms with Gasteiger partial charge >= 0.3 is 0 Å². The topological polar surface area (TPSA) is 56.7 Å². The number of hydrogen-bond acceptors (Lipinski definition) is 4. The molecule has 6 nitrogen and oxygen atoms in total. The van der Waals surface area contributed by atoms with E-state index in [-0.39, 0.29) is 5.41 Å². The highest BCUT2D eigenvalue weighted by atomic mass is 16.5. The molecule has 0 aliphatic rings. The summed E-state index contributed by atoms with van der Waals surface area (Å²) in [6, 6.07) is 16.9. The Morgan fingerprint density at radius 1 is 0.800 bits per heavy atom. The first kappa shape index (κ1) is 24.1. The lowest BCUT2D eigenvalue weighted by molar-refractivity contribution is 0.456. The highest BCUT2D eigenvalue weighted by Crippen LogP contribution is 2.34. The number of pyridine rings is 3. The lowest BCUT2D eigenvalue weighted by atomic mass is 9.86. The molecule has 0 amide bonds. The Kier molecular flexibility index (Phi) is 5.29. The Morgan fingerprint density at radius 2 is 1.57 bits per heavy atom. The van der Waals surface area contributed by atoms with Crippen molar-refractivity contribution in [2.45, 2.75) is 33.1 Å². The molecule has 0 radical (unpaired) electrons. The van der Waals surface area contributed by atoms with Crippen molar-refractivity contribution in [2.24, 2.45) is 0 Å². The largest absolute Gasteiger partial charge is 0.458 e. The lowest BCUT2D eigenvalue weighted by Crippen LogP contribution is -2.29. The van der Waals surface area contributed by atoms with Crippen LogP contribution in [0, 0.1) is 0 Å². The van der Waals surface area contributed by atoms with Crippen LogP contribution in [-0.4, -0.2) is 23.8 Å². The molecule has 0 atom stereocenters. The van der Waals surface area contributed by atoms with E-state index in [4.69, 9.17) is 9.72 Å². The van der Waals surface area contributed by atoms with Crippen LogP contribution in [0.15, 0.2) is 91.9 Å². The molecule has 0 fully saturated rings. The van der Waals surface area contributed by atoms with Crippen LogP contribution < -0.4 is 15.2 Å². The molecule has 0 spiro atoms. The maximum Gasteiger partial charge on any atom is 0.145 e. The second kappa shape index (κ2) is 8.78. The van der Waals surface area contributed by atoms with Gasteiger partial charge in [0.05, 0.1) is 16.6 Å². The van der Waals surface area contributed by atoms with E-state index >= 15 is 0 Å². The molecule has 5 aromatic heterocycles. The van der Waals surface area contributed by atoms with E-state index in [1.165, 1.54) is 10.9 Å². The third-order valence-electron chi connectivity index (χ3n) is 7.60. The minimum atomic E-state index is 0.0500. The van der Waals surface area contributed by atoms with Crippen molar-refractivity contribution < 1.29 is 4.74 Å². The number of imidazole rings is 2. The van der Waals surface area contributed by atoms with Crippen LogP contribution in [0.25, 0.3) is 56.2 Å². The van der Waals surface area contributed by atoms with Crippen LogP contribution >= 0.6 is 0 Å². The molecule has 7 rings (SSSR count). The normalized spacial score (nSPS) is 13.4. The minimum Gasteiger partial charge on any atom is -0.458 e. The molecule has 6 heteroatoms. The van der Waals surface area contributed by atoms with Gasteiger partial charge in [0.1, 0.15) is 22.8 Å². The first-order valence-corrected chi connectivity index (χ1v) is 13.4. The third kappa shape index (κ3) is 3.67. The van der Waals surface area contributed by atoms with Gasteiger partial charge < -0.3 is 4.74 Å². The van der Waals surface area contributed by atoms with Gasteiger partial charge in [-0.3, -0.25) is 13.8 Å². The predicted octanol–water partition coefficient (Wildman–Crippen LogP) is 6.31. The third-order valence-corrected chi connectivity index (χ3v) is 7.60. The van der Waals surface area contributed by atoms with Crippen molar-refractivity contribution in [3.63, 3.8) is 0 Å². The number of hydrogen-bond donors (Lipinski definition) is 0. The first-order chi connectivity index (χ1) is 19.3. The number of ether oxygens (including phenoxy) is 1. The van der Waals surface area contributed by atoms with Crippen molar-refractivity contribution in [3.05, 3.63) is 108 Å². The fourth-order valence-corrected chi connectivity index (χ4v) is 5.65. The van der Waals surface area contributed by atoms with Gasteiger partial charge in [0.2, 0.25) is 0 Å². The molecule has 0 saturated heterocycles. The van der Waals surface area contributed by atoms with Gasteiger partial charge in [-0.05, 0) is 71.8 Å². The van der Waals surface area contributed by atoms with E-state index in [2.05, 4.69) is 88.6 Å². The van der Waals surface area contributed by atoms with E-state index < -0.39 is 0 Å². The summed E-state index contributed by atoms with van der Waals surface area (Å²) in [5.41, 5.74) is 6.12. The van der Waals surface area contributed by atoms with E-state index in [0.29, 0.717) is 11.5 Å². The maximum absolute atomic E-state index is 6.32. The first-order valence-electron chi connectivity index (χ1n) is 13.4. The van der Waals surface area contributed by atoms with Crippen LogP contribution in [0.2, 0.25) is 0 Å². The van der Waals surface area contributed by atoms with E-state index in [1.54, 1.807) is 6.20 Å². The van der Waals surface area contributed by atoms with Crippen LogP contribution in [0.3, 0.4) is 0 Å². The summed E-state index contributed by atoms with van der Waals surface area (Å²) in [6.45, 7) is 13.0. The molecule has 0 saturated carbocycles. The van der Waals surface area contributed by atoms with Crippen LogP contribution in [0.4, 0.5) is 0 Å². The van der Waals surface area contributed by atoms with Crippen LogP contribution in [0.1, 0.15) is 33.3 Å². The molecular weight excluding hydrogens is 494 g/mol. The highest BCUT2D eigenvalue weighted by molar-refractivity contribution is 6.12. The van der Waals surface area contributed by atoms with Gasteiger partial charge in [-0.2, -0.15) is 0 Å². The van der Waals surface area contributed by atoms with Gasteiger partial charge in [-0.15, -0.1) is 0 Å². The van der Waals surface area contributed by atoms with Crippen molar-refractivity contribution in [1.29, 1.82) is 0 Å². The summed E-state index contributed by atoms with van der Waals surface area (Å²) in [5.74, 6) is 1.21. The van der Waals surface area contributed by atoms with E-state index in [9.17, 15) is 0 Å². The fraction of sp³-hybridized carbons (Fsp3) is 0.147. The van der Waals surface area contributed by atoms with Crippen molar-refractivity contribution in [1.82, 2.24) is 23.8 Å². The Morgan fingerprint density at radius 3 is 2.35 bits per heavy atom. The quantitative estimate of drug-likeness (QED) is 0.201. The zero-order valence-electron chi connectivity index (χ0n) is 23.0. The summed E-state index contributed by atoms with van der Waals surface area (Å²) in [7, 11) is 0. The van der Waals surface area contributed by atoms with Crippen molar-refractivity contribution in [2.75, 3.05) is 0 Å². The van der Waals surface area contributed by atoms with Crippen LogP contribution in [-0.2, 0) is 5.41 Å². The smallest absolute Gasteiger partial charge is 0.145 e. The van der Waals surface area contributed by atoms with E-state index in [0.717, 1.165) is 49.1 Å². The van der Waals surface area contributed by atoms with Gasteiger partial charge in [0.15, 0.2) is 0 Å². The highest BCUT2D eigenvalue weighted by Gasteiger charge is 2.17. The molecule has 7 aromatic rings. The number of aromatic nitrogens is 5. The number of fused-ring (bicyclic) bond motifs is 9. The SMILES string of the molecule is C=C(/C=c1\c(=C/C)c2ncccc2n2ccnc12)Oc1ccc2c3cc(C(C)(C)C)ccc3n3ccnc3c2c1. The van der Waals surface area contributed by atoms with Gasteiger partial charge in [0, 0.05) is 52.2 Å². The zero-order chi connectivity index (χ0) is 27.6. The molecule has 5 heterocycles. The Hall–Kier alpha value is -4.97. The van der Waals surface area contributed by atoms with Gasteiger partial charge in [-0.25, -0.2) is 9.97 Å². The minimum absolute atomic E-state index is 0.0500.